The number of esters is 1. The molecule has 8 unspecified atom stereocenters. The third-order valence-corrected chi connectivity index (χ3v) is 15.4. The summed E-state index contributed by atoms with van der Waals surface area (Å²) in [6, 6.07) is 4.46. The van der Waals surface area contributed by atoms with Crippen LogP contribution in [0.25, 0.3) is 6.08 Å². The molecule has 0 heterocycles. The van der Waals surface area contributed by atoms with Gasteiger partial charge in [0.25, 0.3) is 0 Å². The van der Waals surface area contributed by atoms with E-state index in [0.717, 1.165) is 57.8 Å². The summed E-state index contributed by atoms with van der Waals surface area (Å²) in [5.41, 5.74) is 1.39. The van der Waals surface area contributed by atoms with Gasteiger partial charge in [-0.3, -0.25) is 4.79 Å². The van der Waals surface area contributed by atoms with Gasteiger partial charge in [-0.15, -0.1) is 0 Å². The van der Waals surface area contributed by atoms with E-state index in [0.29, 0.717) is 17.9 Å². The van der Waals surface area contributed by atoms with Crippen LogP contribution in [-0.4, -0.2) is 33.4 Å². The first kappa shape index (κ1) is 33.2. The van der Waals surface area contributed by atoms with Crippen molar-refractivity contribution >= 4 is 18.0 Å². The van der Waals surface area contributed by atoms with E-state index in [1.165, 1.54) is 18.2 Å². The van der Waals surface area contributed by atoms with Gasteiger partial charge in [-0.25, -0.2) is 4.79 Å². The molecule has 5 aliphatic rings. The van der Waals surface area contributed by atoms with Gasteiger partial charge >= 0.3 is 11.9 Å². The highest BCUT2D eigenvalue weighted by Crippen LogP contribution is 2.79. The molecule has 6 heteroatoms. The maximum Gasteiger partial charge on any atom is 0.331 e. The fourth-order valence-corrected chi connectivity index (χ4v) is 12.3. The Balaban J connectivity index is 1.28. The Kier molecular flexibility index (Phi) is 7.47. The lowest BCUT2D eigenvalue weighted by Gasteiger charge is -2.74. The van der Waals surface area contributed by atoms with Gasteiger partial charge in [0.05, 0.1) is 5.41 Å². The number of ether oxygens (including phenoxy) is 1. The first-order valence-electron chi connectivity index (χ1n) is 17.6. The van der Waals surface area contributed by atoms with Crippen molar-refractivity contribution in [3.05, 3.63) is 41.5 Å². The number of fused-ring (bicyclic) bond motifs is 7. The second kappa shape index (κ2) is 10.4. The van der Waals surface area contributed by atoms with E-state index in [2.05, 4.69) is 61.5 Å². The van der Waals surface area contributed by atoms with Crippen LogP contribution in [0, 0.1) is 49.7 Å². The number of phenols is 2. The molecule has 6 nitrogen and oxygen atoms in total. The number of aromatic hydroxyl groups is 2. The molecule has 252 valence electrons. The molecule has 8 atom stereocenters. The average Bonchev–Trinajstić information content (AvgIpc) is 2.97. The molecule has 0 saturated heterocycles. The summed E-state index contributed by atoms with van der Waals surface area (Å²) in [5.74, 6) is -0.876. The Morgan fingerprint density at radius 1 is 0.848 bits per heavy atom. The molecule has 3 N–H and O–H groups in total. The number of allylic oxidation sites excluding steroid dienone is 2. The van der Waals surface area contributed by atoms with Gasteiger partial charge in [-0.2, -0.15) is 0 Å². The highest BCUT2D eigenvalue weighted by Gasteiger charge is 2.72. The molecule has 0 aromatic heterocycles. The number of hydrogen-bond acceptors (Lipinski definition) is 5. The molecule has 0 amide bonds. The minimum Gasteiger partial charge on any atom is -0.504 e. The summed E-state index contributed by atoms with van der Waals surface area (Å²) < 4.78 is 6.18. The van der Waals surface area contributed by atoms with E-state index in [1.807, 2.05) is 0 Å². The average molecular weight is 633 g/mol. The van der Waals surface area contributed by atoms with Crippen molar-refractivity contribution in [1.82, 2.24) is 0 Å². The minimum atomic E-state index is -0.653. The topological polar surface area (TPSA) is 104 Å². The zero-order valence-electron chi connectivity index (χ0n) is 29.3. The Morgan fingerprint density at radius 3 is 2.24 bits per heavy atom. The number of carbonyl (C=O) groups excluding carboxylic acids is 1. The van der Waals surface area contributed by atoms with Crippen molar-refractivity contribution in [3.63, 3.8) is 0 Å². The Morgan fingerprint density at radius 2 is 1.57 bits per heavy atom. The van der Waals surface area contributed by atoms with Crippen molar-refractivity contribution in [2.24, 2.45) is 49.7 Å². The van der Waals surface area contributed by atoms with Crippen molar-refractivity contribution in [2.45, 2.75) is 126 Å². The molecule has 0 spiro atoms. The number of carbonyl (C=O) groups is 2. The van der Waals surface area contributed by atoms with Gasteiger partial charge in [0.1, 0.15) is 6.10 Å². The maximum atomic E-state index is 13.1. The van der Waals surface area contributed by atoms with Crippen LogP contribution >= 0.6 is 0 Å². The number of aliphatic carboxylic acids is 1. The lowest BCUT2D eigenvalue weighted by atomic mass is 9.30. The van der Waals surface area contributed by atoms with Gasteiger partial charge in [0, 0.05) is 11.5 Å². The number of benzene rings is 1. The van der Waals surface area contributed by atoms with Gasteiger partial charge < -0.3 is 20.1 Å². The number of phenolic OH excluding ortho intramolecular Hbond substituents is 2. The molecule has 1 aromatic carbocycles. The van der Waals surface area contributed by atoms with Gasteiger partial charge in [0.15, 0.2) is 11.5 Å². The molecular weight excluding hydrogens is 576 g/mol. The second-order valence-corrected chi connectivity index (χ2v) is 18.2. The monoisotopic (exact) mass is 632 g/mol. The van der Waals surface area contributed by atoms with Crippen LogP contribution < -0.4 is 0 Å². The first-order valence-corrected chi connectivity index (χ1v) is 17.6. The van der Waals surface area contributed by atoms with Crippen molar-refractivity contribution < 1.29 is 29.6 Å². The minimum absolute atomic E-state index is 0.0183. The van der Waals surface area contributed by atoms with E-state index < -0.39 is 11.4 Å². The third kappa shape index (κ3) is 4.47. The normalized spacial score (nSPS) is 42.5. The highest BCUT2D eigenvalue weighted by molar-refractivity contribution is 5.87. The highest BCUT2D eigenvalue weighted by atomic mass is 16.5. The van der Waals surface area contributed by atoms with Crippen LogP contribution in [0.15, 0.2) is 35.9 Å². The fraction of sp³-hybridized carbons (Fsp3) is 0.700. The van der Waals surface area contributed by atoms with E-state index in [4.69, 9.17) is 4.74 Å². The Hall–Kier alpha value is -2.76. The summed E-state index contributed by atoms with van der Waals surface area (Å²) in [6.45, 7) is 19.3. The summed E-state index contributed by atoms with van der Waals surface area (Å²) in [6.07, 6.45) is 14.6. The quantitative estimate of drug-likeness (QED) is 0.132. The summed E-state index contributed by atoms with van der Waals surface area (Å²) >= 11 is 0. The number of hydrogen-bond donors (Lipinski definition) is 3. The molecular formula is C40H56O6. The van der Waals surface area contributed by atoms with Crippen molar-refractivity contribution in [3.8, 4) is 11.5 Å². The number of carboxylic acids is 1. The molecule has 1 aromatic rings. The number of carboxylic acid groups (broad SMARTS) is 1. The Labute approximate surface area is 275 Å². The summed E-state index contributed by atoms with van der Waals surface area (Å²) in [7, 11) is 0. The molecule has 6 rings (SSSR count). The lowest BCUT2D eigenvalue weighted by molar-refractivity contribution is -0.233. The van der Waals surface area contributed by atoms with Gasteiger partial charge in [-0.1, -0.05) is 73.1 Å². The largest absolute Gasteiger partial charge is 0.504 e. The van der Waals surface area contributed by atoms with Crippen LogP contribution in [0.3, 0.4) is 0 Å². The lowest BCUT2D eigenvalue weighted by Crippen LogP contribution is -2.68. The fourth-order valence-electron chi connectivity index (χ4n) is 12.3. The molecule has 46 heavy (non-hydrogen) atoms. The van der Waals surface area contributed by atoms with Crippen LogP contribution in [0.1, 0.15) is 125 Å². The SMILES string of the molecule is CC1(C)CCC2(C(=O)O)CC=C3C(C)(CCC4(C)C3(C)CCC3C(C)(C)C(OC(=O)C=Cc5ccc(O)c(O)c5)CCC34C)C2C1. The van der Waals surface area contributed by atoms with Crippen LogP contribution in [0.2, 0.25) is 0 Å². The molecule has 0 aliphatic heterocycles. The van der Waals surface area contributed by atoms with Crippen LogP contribution in [0.5, 0.6) is 11.5 Å². The standard InChI is InChI=1S/C40H56O6/c1-34(2)19-22-40(33(44)45)18-14-29-36(5,30(40)24-34)20-21-39(8)37(6)17-15-31(35(3,4)28(37)13-16-38(29,39)7)46-32(43)12-10-25-9-11-26(41)27(42)23-25/h9-12,14,23,28,30-31,41-42H,13,15-22,24H2,1-8H3,(H,44,45). The molecule has 4 fully saturated rings. The van der Waals surface area contributed by atoms with Gasteiger partial charge in [-0.05, 0) is 127 Å². The van der Waals surface area contributed by atoms with E-state index in [1.54, 1.807) is 17.7 Å². The zero-order valence-corrected chi connectivity index (χ0v) is 29.3. The predicted octanol–water partition coefficient (Wildman–Crippen LogP) is 9.30. The van der Waals surface area contributed by atoms with E-state index >= 15 is 0 Å². The number of rotatable bonds is 4. The Bertz CT molecular complexity index is 1500. The van der Waals surface area contributed by atoms with Crippen molar-refractivity contribution in [1.29, 1.82) is 0 Å². The molecule has 4 saturated carbocycles. The van der Waals surface area contributed by atoms with Crippen LogP contribution in [-0.2, 0) is 14.3 Å². The zero-order chi connectivity index (χ0) is 33.7. The first-order chi connectivity index (χ1) is 21.3. The van der Waals surface area contributed by atoms with E-state index in [-0.39, 0.29) is 62.0 Å². The molecule has 0 bridgehead atoms. The van der Waals surface area contributed by atoms with Crippen LogP contribution in [0.4, 0.5) is 0 Å². The van der Waals surface area contributed by atoms with E-state index in [9.17, 15) is 24.9 Å². The van der Waals surface area contributed by atoms with Gasteiger partial charge in [0.2, 0.25) is 0 Å². The third-order valence-electron chi connectivity index (χ3n) is 15.4. The second-order valence-electron chi connectivity index (χ2n) is 18.2. The smallest absolute Gasteiger partial charge is 0.331 e. The van der Waals surface area contributed by atoms with Crippen molar-refractivity contribution in [2.75, 3.05) is 0 Å². The summed E-state index contributed by atoms with van der Waals surface area (Å²) in [4.78, 5) is 26.1. The maximum absolute atomic E-state index is 13.1. The molecule has 0 radical (unpaired) electrons. The predicted molar refractivity (Wildman–Crippen MR) is 180 cm³/mol. The summed E-state index contributed by atoms with van der Waals surface area (Å²) in [5, 5.41) is 30.1. The molecule has 5 aliphatic carbocycles.